The highest BCUT2D eigenvalue weighted by Crippen LogP contribution is 2.29. The topological polar surface area (TPSA) is 4.93 Å². The molecule has 78 valence electrons. The van der Waals surface area contributed by atoms with Gasteiger partial charge in [0, 0.05) is 17.3 Å². The van der Waals surface area contributed by atoms with Crippen LogP contribution < -0.4 is 0 Å². The number of hydrogen-bond donors (Lipinski definition) is 0. The summed E-state index contributed by atoms with van der Waals surface area (Å²) in [7, 11) is 0. The van der Waals surface area contributed by atoms with E-state index in [2.05, 4.69) is 59.7 Å². The van der Waals surface area contributed by atoms with Gasteiger partial charge in [-0.2, -0.15) is 0 Å². The third-order valence-electron chi connectivity index (χ3n) is 3.06. The molecule has 0 unspecified atom stereocenters. The molecule has 0 spiro atoms. The Bertz CT molecular complexity index is 612. The minimum absolute atomic E-state index is 0.990. The SMILES string of the molecule is C=Cn1c2c(c3ccccc31)CC=CC=C2. The van der Waals surface area contributed by atoms with E-state index in [-0.39, 0.29) is 0 Å². The molecule has 0 bridgehead atoms. The van der Waals surface area contributed by atoms with E-state index in [0.29, 0.717) is 0 Å². The summed E-state index contributed by atoms with van der Waals surface area (Å²) in [6.45, 7) is 3.90. The van der Waals surface area contributed by atoms with Crippen molar-refractivity contribution < 1.29 is 0 Å². The highest BCUT2D eigenvalue weighted by molar-refractivity contribution is 5.90. The highest BCUT2D eigenvalue weighted by atomic mass is 15.0. The van der Waals surface area contributed by atoms with E-state index in [1.54, 1.807) is 0 Å². The lowest BCUT2D eigenvalue weighted by atomic mass is 10.1. The Morgan fingerprint density at radius 1 is 1.19 bits per heavy atom. The van der Waals surface area contributed by atoms with Gasteiger partial charge in [0.2, 0.25) is 0 Å². The molecular weight excluding hydrogens is 194 g/mol. The van der Waals surface area contributed by atoms with Gasteiger partial charge >= 0.3 is 0 Å². The van der Waals surface area contributed by atoms with Gasteiger partial charge in [0.05, 0.1) is 5.52 Å². The molecule has 0 aliphatic heterocycles. The van der Waals surface area contributed by atoms with Gasteiger partial charge in [-0.05, 0) is 24.1 Å². The molecule has 16 heavy (non-hydrogen) atoms. The zero-order valence-corrected chi connectivity index (χ0v) is 9.06. The first kappa shape index (κ1) is 9.22. The van der Waals surface area contributed by atoms with Crippen LogP contribution in [0.3, 0.4) is 0 Å². The van der Waals surface area contributed by atoms with Crippen LogP contribution in [0.5, 0.6) is 0 Å². The average Bonchev–Trinajstić information content (AvgIpc) is 2.49. The smallest absolute Gasteiger partial charge is 0.0531 e. The van der Waals surface area contributed by atoms with E-state index in [1.165, 1.54) is 22.2 Å². The third-order valence-corrected chi connectivity index (χ3v) is 3.06. The van der Waals surface area contributed by atoms with Crippen LogP contribution in [-0.4, -0.2) is 4.57 Å². The first-order chi connectivity index (χ1) is 7.92. The van der Waals surface area contributed by atoms with E-state index in [4.69, 9.17) is 0 Å². The summed E-state index contributed by atoms with van der Waals surface area (Å²) in [4.78, 5) is 0. The number of hydrogen-bond acceptors (Lipinski definition) is 0. The van der Waals surface area contributed by atoms with Crippen molar-refractivity contribution in [3.05, 3.63) is 60.3 Å². The van der Waals surface area contributed by atoms with Crippen LogP contribution in [0.25, 0.3) is 23.2 Å². The second-order valence-electron chi connectivity index (χ2n) is 3.92. The van der Waals surface area contributed by atoms with Crippen LogP contribution in [0.4, 0.5) is 0 Å². The molecule has 3 rings (SSSR count). The molecule has 0 radical (unpaired) electrons. The average molecular weight is 207 g/mol. The van der Waals surface area contributed by atoms with Crippen LogP contribution in [0.15, 0.2) is 49.1 Å². The van der Waals surface area contributed by atoms with Gasteiger partial charge in [0.1, 0.15) is 0 Å². The number of para-hydroxylation sites is 1. The fraction of sp³-hybridized carbons (Fsp3) is 0.0667. The Morgan fingerprint density at radius 2 is 2.06 bits per heavy atom. The number of nitrogens with zero attached hydrogens (tertiary/aromatic N) is 1. The molecule has 0 saturated carbocycles. The van der Waals surface area contributed by atoms with Gasteiger partial charge < -0.3 is 4.57 Å². The summed E-state index contributed by atoms with van der Waals surface area (Å²) in [6.07, 6.45) is 11.4. The standard InChI is InChI=1S/C15H13N/c1-2-16-14-10-5-3-4-8-12(14)13-9-6-7-11-15(13)16/h2-7,9-11H,1,8H2. The second kappa shape index (κ2) is 3.53. The van der Waals surface area contributed by atoms with Crippen LogP contribution in [0.1, 0.15) is 11.3 Å². The molecule has 1 aliphatic carbocycles. The molecule has 1 heterocycles. The Hall–Kier alpha value is -2.02. The molecule has 1 nitrogen and oxygen atoms in total. The lowest BCUT2D eigenvalue weighted by molar-refractivity contribution is 1.16. The highest BCUT2D eigenvalue weighted by Gasteiger charge is 2.12. The van der Waals surface area contributed by atoms with E-state index < -0.39 is 0 Å². The van der Waals surface area contributed by atoms with E-state index >= 15 is 0 Å². The van der Waals surface area contributed by atoms with E-state index in [9.17, 15) is 0 Å². The number of allylic oxidation sites excluding steroid dienone is 3. The van der Waals surface area contributed by atoms with Crippen molar-refractivity contribution in [2.24, 2.45) is 0 Å². The Kier molecular flexibility index (Phi) is 2.03. The molecule has 0 N–H and O–H groups in total. The maximum Gasteiger partial charge on any atom is 0.0531 e. The molecular formula is C15H13N. The normalized spacial score (nSPS) is 13.8. The lowest BCUT2D eigenvalue weighted by Crippen LogP contribution is -1.89. The lowest BCUT2D eigenvalue weighted by Gasteiger charge is -2.00. The zero-order chi connectivity index (χ0) is 11.0. The summed E-state index contributed by atoms with van der Waals surface area (Å²) >= 11 is 0. The summed E-state index contributed by atoms with van der Waals surface area (Å²) in [6, 6.07) is 8.49. The van der Waals surface area contributed by atoms with Crippen molar-refractivity contribution in [2.45, 2.75) is 6.42 Å². The molecule has 0 atom stereocenters. The molecule has 0 fully saturated rings. The maximum absolute atomic E-state index is 3.90. The van der Waals surface area contributed by atoms with E-state index in [1.807, 2.05) is 6.20 Å². The first-order valence-electron chi connectivity index (χ1n) is 5.49. The quantitative estimate of drug-likeness (QED) is 0.669. The Labute approximate surface area is 95.0 Å². The second-order valence-corrected chi connectivity index (χ2v) is 3.92. The number of aromatic nitrogens is 1. The molecule has 1 aliphatic rings. The van der Waals surface area contributed by atoms with E-state index in [0.717, 1.165) is 6.42 Å². The molecule has 0 saturated heterocycles. The van der Waals surface area contributed by atoms with Crippen LogP contribution in [-0.2, 0) is 6.42 Å². The van der Waals surface area contributed by atoms with Crippen molar-refractivity contribution in [2.75, 3.05) is 0 Å². The van der Waals surface area contributed by atoms with Crippen molar-refractivity contribution in [3.8, 4) is 0 Å². The van der Waals surface area contributed by atoms with Gasteiger partial charge in [-0.3, -0.25) is 0 Å². The fourth-order valence-corrected chi connectivity index (χ4v) is 2.36. The number of benzene rings is 1. The number of rotatable bonds is 1. The summed E-state index contributed by atoms with van der Waals surface area (Å²) < 4.78 is 2.16. The maximum atomic E-state index is 3.90. The Balaban J connectivity index is 2.45. The molecule has 0 amide bonds. The summed E-state index contributed by atoms with van der Waals surface area (Å²) in [5.74, 6) is 0. The van der Waals surface area contributed by atoms with Gasteiger partial charge in [0.25, 0.3) is 0 Å². The van der Waals surface area contributed by atoms with Crippen LogP contribution in [0.2, 0.25) is 0 Å². The van der Waals surface area contributed by atoms with Gasteiger partial charge in [0.15, 0.2) is 0 Å². The molecule has 1 aromatic heterocycles. The van der Waals surface area contributed by atoms with Crippen molar-refractivity contribution in [3.63, 3.8) is 0 Å². The number of fused-ring (bicyclic) bond motifs is 3. The summed E-state index contributed by atoms with van der Waals surface area (Å²) in [5.41, 5.74) is 3.88. The van der Waals surface area contributed by atoms with Crippen LogP contribution >= 0.6 is 0 Å². The van der Waals surface area contributed by atoms with Crippen molar-refractivity contribution >= 4 is 23.2 Å². The van der Waals surface area contributed by atoms with Gasteiger partial charge in [-0.15, -0.1) is 0 Å². The zero-order valence-electron chi connectivity index (χ0n) is 9.06. The minimum atomic E-state index is 0.990. The molecule has 1 heteroatoms. The molecule has 1 aromatic carbocycles. The minimum Gasteiger partial charge on any atom is -0.317 e. The monoisotopic (exact) mass is 207 g/mol. The Morgan fingerprint density at radius 3 is 2.94 bits per heavy atom. The van der Waals surface area contributed by atoms with Crippen molar-refractivity contribution in [1.82, 2.24) is 4.57 Å². The third kappa shape index (κ3) is 1.18. The van der Waals surface area contributed by atoms with Gasteiger partial charge in [-0.25, -0.2) is 0 Å². The van der Waals surface area contributed by atoms with Crippen molar-refractivity contribution in [1.29, 1.82) is 0 Å². The van der Waals surface area contributed by atoms with Gasteiger partial charge in [-0.1, -0.05) is 43.0 Å². The van der Waals surface area contributed by atoms with Crippen LogP contribution in [0, 0.1) is 0 Å². The summed E-state index contributed by atoms with van der Waals surface area (Å²) in [5, 5.41) is 1.33. The predicted octanol–water partition coefficient (Wildman–Crippen LogP) is 3.87. The first-order valence-corrected chi connectivity index (χ1v) is 5.49. The predicted molar refractivity (Wildman–Crippen MR) is 70.2 cm³/mol. The largest absolute Gasteiger partial charge is 0.317 e. The molecule has 2 aromatic rings. The fourth-order valence-electron chi connectivity index (χ4n) is 2.36.